The highest BCUT2D eigenvalue weighted by atomic mass is 35.5. The van der Waals surface area contributed by atoms with Gasteiger partial charge in [0.1, 0.15) is 5.69 Å². The third-order valence-electron chi connectivity index (χ3n) is 3.83. The molecule has 1 fully saturated rings. The molecule has 0 radical (unpaired) electrons. The Morgan fingerprint density at radius 3 is 2.63 bits per heavy atom. The van der Waals surface area contributed by atoms with Gasteiger partial charge in [-0.3, -0.25) is 4.79 Å². The molecule has 106 valence electrons. The molecule has 1 aliphatic heterocycles. The molecule has 1 saturated heterocycles. The van der Waals surface area contributed by atoms with E-state index in [9.17, 15) is 4.79 Å². The normalized spacial score (nSPS) is 17.2. The van der Waals surface area contributed by atoms with Gasteiger partial charge in [-0.15, -0.1) is 0 Å². The number of nitrogens with two attached hydrogens (primary N) is 1. The molecule has 4 nitrogen and oxygen atoms in total. The van der Waals surface area contributed by atoms with E-state index >= 15 is 0 Å². The van der Waals surface area contributed by atoms with Gasteiger partial charge in [-0.2, -0.15) is 0 Å². The van der Waals surface area contributed by atoms with Gasteiger partial charge >= 0.3 is 0 Å². The molecule has 0 aliphatic carbocycles. The van der Waals surface area contributed by atoms with Crippen LogP contribution in [-0.4, -0.2) is 35.0 Å². The van der Waals surface area contributed by atoms with E-state index < -0.39 is 0 Å². The average Bonchev–Trinajstić information content (AvgIpc) is 2.80. The Labute approximate surface area is 119 Å². The Balaban J connectivity index is 2.12. The Morgan fingerprint density at radius 1 is 1.47 bits per heavy atom. The maximum absolute atomic E-state index is 12.5. The smallest absolute Gasteiger partial charge is 0.270 e. The van der Waals surface area contributed by atoms with Gasteiger partial charge in [-0.05, 0) is 45.2 Å². The number of carbonyl (C=O) groups is 1. The van der Waals surface area contributed by atoms with E-state index in [1.165, 1.54) is 0 Å². The third kappa shape index (κ3) is 3.12. The van der Waals surface area contributed by atoms with E-state index in [1.54, 1.807) is 6.07 Å². The van der Waals surface area contributed by atoms with Crippen molar-refractivity contribution in [3.63, 3.8) is 0 Å². The zero-order chi connectivity index (χ0) is 14.0. The first-order valence-electron chi connectivity index (χ1n) is 6.89. The van der Waals surface area contributed by atoms with Gasteiger partial charge in [0, 0.05) is 25.3 Å². The number of piperidine rings is 1. The van der Waals surface area contributed by atoms with Crippen LogP contribution in [0.3, 0.4) is 0 Å². The molecule has 2 N–H and O–H groups in total. The fourth-order valence-corrected chi connectivity index (χ4v) is 2.79. The second-order valence-electron chi connectivity index (χ2n) is 5.52. The van der Waals surface area contributed by atoms with Gasteiger partial charge < -0.3 is 15.2 Å². The van der Waals surface area contributed by atoms with Crippen molar-refractivity contribution in [2.75, 3.05) is 19.6 Å². The lowest BCUT2D eigenvalue weighted by Crippen LogP contribution is -2.40. The molecule has 0 spiro atoms. The number of carbonyl (C=O) groups excluding carboxylic acids is 1. The van der Waals surface area contributed by atoms with Gasteiger partial charge in [0.25, 0.3) is 5.91 Å². The predicted octanol–water partition coefficient (Wildman–Crippen LogP) is 2.53. The number of amides is 1. The van der Waals surface area contributed by atoms with Crippen molar-refractivity contribution in [3.8, 4) is 0 Å². The van der Waals surface area contributed by atoms with Crippen molar-refractivity contribution in [1.82, 2.24) is 9.47 Å². The van der Waals surface area contributed by atoms with Gasteiger partial charge in [-0.25, -0.2) is 0 Å². The standard InChI is InChI=1S/C14H22ClN3O/c1-10(2)18-9-12(15)7-13(18)14(19)17-5-3-11(8-16)4-6-17/h7,9-11H,3-6,8,16H2,1-2H3. The van der Waals surface area contributed by atoms with E-state index in [0.717, 1.165) is 32.5 Å². The minimum absolute atomic E-state index is 0.0797. The van der Waals surface area contributed by atoms with E-state index in [-0.39, 0.29) is 11.9 Å². The summed E-state index contributed by atoms with van der Waals surface area (Å²) in [5.74, 6) is 0.639. The highest BCUT2D eigenvalue weighted by molar-refractivity contribution is 6.31. The topological polar surface area (TPSA) is 51.3 Å². The number of likely N-dealkylation sites (tertiary alicyclic amines) is 1. The minimum Gasteiger partial charge on any atom is -0.339 e. The Hall–Kier alpha value is -1.00. The van der Waals surface area contributed by atoms with E-state index in [2.05, 4.69) is 0 Å². The molecule has 1 aliphatic rings. The third-order valence-corrected chi connectivity index (χ3v) is 4.03. The fourth-order valence-electron chi connectivity index (χ4n) is 2.58. The van der Waals surface area contributed by atoms with Crippen LogP contribution in [0.2, 0.25) is 5.02 Å². The molecule has 5 heteroatoms. The van der Waals surface area contributed by atoms with Crippen LogP contribution in [0.4, 0.5) is 0 Å². The second-order valence-corrected chi connectivity index (χ2v) is 5.95. The highest BCUT2D eigenvalue weighted by Crippen LogP contribution is 2.23. The molecule has 2 heterocycles. The van der Waals surface area contributed by atoms with Crippen molar-refractivity contribution in [2.45, 2.75) is 32.7 Å². The summed E-state index contributed by atoms with van der Waals surface area (Å²) < 4.78 is 1.94. The molecule has 0 saturated carbocycles. The highest BCUT2D eigenvalue weighted by Gasteiger charge is 2.25. The maximum atomic E-state index is 12.5. The predicted molar refractivity (Wildman–Crippen MR) is 77.5 cm³/mol. The minimum atomic E-state index is 0.0797. The number of hydrogen-bond donors (Lipinski definition) is 1. The van der Waals surface area contributed by atoms with Crippen LogP contribution in [-0.2, 0) is 0 Å². The number of rotatable bonds is 3. The van der Waals surface area contributed by atoms with Crippen molar-refractivity contribution in [2.24, 2.45) is 11.7 Å². The Morgan fingerprint density at radius 2 is 2.11 bits per heavy atom. The van der Waals surface area contributed by atoms with Crippen LogP contribution in [0.1, 0.15) is 43.2 Å². The Bertz CT molecular complexity index is 448. The zero-order valence-electron chi connectivity index (χ0n) is 11.6. The number of hydrogen-bond acceptors (Lipinski definition) is 2. The van der Waals surface area contributed by atoms with E-state index in [0.29, 0.717) is 16.6 Å². The van der Waals surface area contributed by atoms with Crippen molar-refractivity contribution < 1.29 is 4.79 Å². The molecule has 0 bridgehead atoms. The summed E-state index contributed by atoms with van der Waals surface area (Å²) in [6.45, 7) is 6.40. The van der Waals surface area contributed by atoms with Crippen LogP contribution in [0.5, 0.6) is 0 Å². The maximum Gasteiger partial charge on any atom is 0.270 e. The van der Waals surface area contributed by atoms with Gasteiger partial charge in [0.05, 0.1) is 5.02 Å². The van der Waals surface area contributed by atoms with Gasteiger partial charge in [-0.1, -0.05) is 11.6 Å². The summed E-state index contributed by atoms with van der Waals surface area (Å²) in [4.78, 5) is 14.5. The zero-order valence-corrected chi connectivity index (χ0v) is 12.4. The molecule has 2 rings (SSSR count). The van der Waals surface area contributed by atoms with Crippen molar-refractivity contribution >= 4 is 17.5 Å². The van der Waals surface area contributed by atoms with Crippen molar-refractivity contribution in [1.29, 1.82) is 0 Å². The van der Waals surface area contributed by atoms with Gasteiger partial charge in [0.2, 0.25) is 0 Å². The van der Waals surface area contributed by atoms with Crippen LogP contribution < -0.4 is 5.73 Å². The average molecular weight is 284 g/mol. The quantitative estimate of drug-likeness (QED) is 0.927. The lowest BCUT2D eigenvalue weighted by Gasteiger charge is -2.31. The number of nitrogens with zero attached hydrogens (tertiary/aromatic N) is 2. The first-order chi connectivity index (χ1) is 9.02. The number of aromatic nitrogens is 1. The lowest BCUT2D eigenvalue weighted by atomic mass is 9.97. The first kappa shape index (κ1) is 14.4. The molecule has 1 aromatic heterocycles. The lowest BCUT2D eigenvalue weighted by molar-refractivity contribution is 0.0681. The van der Waals surface area contributed by atoms with Crippen molar-refractivity contribution in [3.05, 3.63) is 23.0 Å². The number of halogens is 1. The summed E-state index contributed by atoms with van der Waals surface area (Å²) >= 11 is 6.03. The SMILES string of the molecule is CC(C)n1cc(Cl)cc1C(=O)N1CCC(CN)CC1. The van der Waals surface area contributed by atoms with Crippen LogP contribution in [0, 0.1) is 5.92 Å². The molecule has 1 aromatic rings. The molecule has 19 heavy (non-hydrogen) atoms. The summed E-state index contributed by atoms with van der Waals surface area (Å²) in [6, 6.07) is 1.99. The largest absolute Gasteiger partial charge is 0.339 e. The molecule has 0 aromatic carbocycles. The van der Waals surface area contributed by atoms with Gasteiger partial charge in [0.15, 0.2) is 0 Å². The fraction of sp³-hybridized carbons (Fsp3) is 0.643. The molecular weight excluding hydrogens is 262 g/mol. The summed E-state index contributed by atoms with van der Waals surface area (Å²) in [5.41, 5.74) is 6.36. The molecule has 0 unspecified atom stereocenters. The summed E-state index contributed by atoms with van der Waals surface area (Å²) in [7, 11) is 0. The Kier molecular flexibility index (Phi) is 4.53. The summed E-state index contributed by atoms with van der Waals surface area (Å²) in [6.07, 6.45) is 3.82. The second kappa shape index (κ2) is 5.97. The van der Waals surface area contributed by atoms with Crippen LogP contribution in [0.25, 0.3) is 0 Å². The van der Waals surface area contributed by atoms with Crippen LogP contribution >= 0.6 is 11.6 Å². The van der Waals surface area contributed by atoms with Crippen LogP contribution in [0.15, 0.2) is 12.3 Å². The monoisotopic (exact) mass is 283 g/mol. The molecule has 1 amide bonds. The van der Waals surface area contributed by atoms with E-state index in [4.69, 9.17) is 17.3 Å². The first-order valence-corrected chi connectivity index (χ1v) is 7.27. The summed E-state index contributed by atoms with van der Waals surface area (Å²) in [5, 5.41) is 0.619. The van der Waals surface area contributed by atoms with E-state index in [1.807, 2.05) is 29.5 Å². The molecular formula is C14H22ClN3O. The molecule has 0 atom stereocenters.